The number of thiophene rings is 1. The number of amides is 1. The third-order valence-electron chi connectivity index (χ3n) is 6.05. The third kappa shape index (κ3) is 5.38. The topological polar surface area (TPSA) is 127 Å². The largest absolute Gasteiger partial charge is 0.410 e. The molecule has 1 amide bonds. The molecule has 3 heterocycles. The predicted molar refractivity (Wildman–Crippen MR) is 133 cm³/mol. The molecule has 33 heavy (non-hydrogen) atoms. The van der Waals surface area contributed by atoms with Gasteiger partial charge in [-0.15, -0.1) is 0 Å². The van der Waals surface area contributed by atoms with E-state index in [2.05, 4.69) is 23.2 Å². The van der Waals surface area contributed by atoms with Gasteiger partial charge in [0.15, 0.2) is 0 Å². The third-order valence-corrected chi connectivity index (χ3v) is 7.03. The first-order valence-corrected chi connectivity index (χ1v) is 12.2. The zero-order valence-corrected chi connectivity index (χ0v) is 19.6. The Kier molecular flexibility index (Phi) is 7.32. The maximum Gasteiger partial charge on any atom is 0.410 e. The van der Waals surface area contributed by atoms with E-state index in [-0.39, 0.29) is 0 Å². The maximum atomic E-state index is 11.2. The number of rotatable bonds is 8. The molecule has 9 heteroatoms. The van der Waals surface area contributed by atoms with E-state index in [0.29, 0.717) is 23.3 Å². The van der Waals surface area contributed by atoms with Crippen molar-refractivity contribution in [2.45, 2.75) is 44.8 Å². The van der Waals surface area contributed by atoms with Gasteiger partial charge in [0, 0.05) is 31.1 Å². The molecule has 0 spiro atoms. The number of carbonyl (C=O) groups is 1. The van der Waals surface area contributed by atoms with Crippen molar-refractivity contribution in [2.24, 2.45) is 5.73 Å². The fourth-order valence-corrected chi connectivity index (χ4v) is 5.34. The van der Waals surface area contributed by atoms with E-state index in [0.717, 1.165) is 65.9 Å². The molecule has 1 atom stereocenters. The number of nitrogens with two attached hydrogens (primary N) is 2. The Morgan fingerprint density at radius 2 is 2.06 bits per heavy atom. The summed E-state index contributed by atoms with van der Waals surface area (Å²) in [6, 6.07) is 12.2. The SMILES string of the molecule is CCCc1cc(N2CCC(NC[C@H](O)c3ccccc3)CC2)nc2sc(OC(N)=O)c(N)c12. The molecule has 2 aromatic heterocycles. The maximum absolute atomic E-state index is 11.2. The van der Waals surface area contributed by atoms with Crippen LogP contribution in [-0.4, -0.2) is 41.9 Å². The minimum Gasteiger partial charge on any atom is -0.397 e. The number of hydrogen-bond acceptors (Lipinski definition) is 8. The Balaban J connectivity index is 1.43. The molecule has 8 nitrogen and oxygen atoms in total. The van der Waals surface area contributed by atoms with Crippen LogP contribution < -0.4 is 26.4 Å². The number of carbonyl (C=O) groups excluding carboxylic acids is 1. The highest BCUT2D eigenvalue weighted by Gasteiger charge is 2.24. The van der Waals surface area contributed by atoms with Crippen molar-refractivity contribution in [1.82, 2.24) is 10.3 Å². The number of primary amides is 1. The Labute approximate surface area is 197 Å². The Hall–Kier alpha value is -2.88. The highest BCUT2D eigenvalue weighted by Crippen LogP contribution is 2.42. The van der Waals surface area contributed by atoms with E-state index in [9.17, 15) is 9.90 Å². The number of anilines is 2. The van der Waals surface area contributed by atoms with Gasteiger partial charge in [-0.2, -0.15) is 0 Å². The molecule has 4 rings (SSSR count). The standard InChI is InChI=1S/C24H31N5O3S/c1-2-6-16-13-19(28-22-20(16)21(25)23(33-22)32-24(26)31)29-11-9-17(10-12-29)27-14-18(30)15-7-4-3-5-8-15/h3-5,7-8,13,17-18,27,30H,2,6,9-12,14,25H2,1H3,(H2,26,31)/t18-/m0/s1. The van der Waals surface area contributed by atoms with Crippen LogP contribution in [0, 0.1) is 0 Å². The second-order valence-electron chi connectivity index (χ2n) is 8.39. The van der Waals surface area contributed by atoms with E-state index in [1.165, 1.54) is 11.3 Å². The molecule has 1 saturated heterocycles. The molecular formula is C24H31N5O3S. The summed E-state index contributed by atoms with van der Waals surface area (Å²) in [5.41, 5.74) is 13.9. The second kappa shape index (κ2) is 10.4. The number of piperidine rings is 1. The van der Waals surface area contributed by atoms with Gasteiger partial charge in [0.2, 0.25) is 5.06 Å². The number of aliphatic hydroxyl groups excluding tert-OH is 1. The first-order valence-electron chi connectivity index (χ1n) is 11.4. The summed E-state index contributed by atoms with van der Waals surface area (Å²) in [7, 11) is 0. The summed E-state index contributed by atoms with van der Waals surface area (Å²) in [5.74, 6) is 0.917. The molecule has 6 N–H and O–H groups in total. The van der Waals surface area contributed by atoms with Crippen LogP contribution in [0.5, 0.6) is 5.06 Å². The van der Waals surface area contributed by atoms with Crippen molar-refractivity contribution >= 4 is 39.2 Å². The molecule has 1 aliphatic rings. The molecular weight excluding hydrogens is 438 g/mol. The Morgan fingerprint density at radius 3 is 2.73 bits per heavy atom. The summed E-state index contributed by atoms with van der Waals surface area (Å²) >= 11 is 1.25. The number of nitrogen functional groups attached to an aromatic ring is 1. The van der Waals surface area contributed by atoms with E-state index in [1.54, 1.807) is 0 Å². The van der Waals surface area contributed by atoms with Crippen molar-refractivity contribution in [3.05, 3.63) is 47.5 Å². The Bertz CT molecular complexity index is 1100. The van der Waals surface area contributed by atoms with Crippen molar-refractivity contribution in [3.8, 4) is 5.06 Å². The van der Waals surface area contributed by atoms with Crippen LogP contribution in [0.15, 0.2) is 36.4 Å². The van der Waals surface area contributed by atoms with Crippen LogP contribution in [-0.2, 0) is 6.42 Å². The zero-order chi connectivity index (χ0) is 23.4. The number of pyridine rings is 1. The normalized spacial score (nSPS) is 15.6. The summed E-state index contributed by atoms with van der Waals surface area (Å²) in [4.78, 5) is 19.1. The van der Waals surface area contributed by atoms with Gasteiger partial charge in [0.25, 0.3) is 0 Å². The van der Waals surface area contributed by atoms with Crippen LogP contribution >= 0.6 is 11.3 Å². The van der Waals surface area contributed by atoms with Crippen LogP contribution in [0.3, 0.4) is 0 Å². The number of aromatic nitrogens is 1. The number of nitrogens with zero attached hydrogens (tertiary/aromatic N) is 2. The van der Waals surface area contributed by atoms with Gasteiger partial charge in [0.05, 0.1) is 11.8 Å². The molecule has 0 saturated carbocycles. The molecule has 1 aromatic carbocycles. The van der Waals surface area contributed by atoms with Gasteiger partial charge >= 0.3 is 6.09 Å². The van der Waals surface area contributed by atoms with Crippen LogP contribution in [0.25, 0.3) is 10.2 Å². The number of aliphatic hydroxyl groups is 1. The van der Waals surface area contributed by atoms with Gasteiger partial charge in [0.1, 0.15) is 10.6 Å². The van der Waals surface area contributed by atoms with E-state index in [1.807, 2.05) is 30.3 Å². The number of hydrogen-bond donors (Lipinski definition) is 4. The first kappa shape index (κ1) is 23.3. The molecule has 0 unspecified atom stereocenters. The van der Waals surface area contributed by atoms with Crippen molar-refractivity contribution in [3.63, 3.8) is 0 Å². The molecule has 1 fully saturated rings. The lowest BCUT2D eigenvalue weighted by atomic mass is 10.0. The summed E-state index contributed by atoms with van der Waals surface area (Å²) in [6.45, 7) is 4.40. The number of ether oxygens (including phenoxy) is 1. The lowest BCUT2D eigenvalue weighted by Crippen LogP contribution is -2.44. The summed E-state index contributed by atoms with van der Waals surface area (Å²) in [5, 5.41) is 15.1. The Morgan fingerprint density at radius 1 is 1.33 bits per heavy atom. The fourth-order valence-electron chi connectivity index (χ4n) is 4.34. The van der Waals surface area contributed by atoms with Crippen molar-refractivity contribution < 1.29 is 14.6 Å². The first-order chi connectivity index (χ1) is 16.0. The average molecular weight is 470 g/mol. The van der Waals surface area contributed by atoms with Crippen molar-refractivity contribution in [1.29, 1.82) is 0 Å². The molecule has 0 radical (unpaired) electrons. The highest BCUT2D eigenvalue weighted by atomic mass is 32.1. The van der Waals surface area contributed by atoms with Crippen LogP contribution in [0.4, 0.5) is 16.3 Å². The number of nitrogens with one attached hydrogen (secondary N) is 1. The predicted octanol–water partition coefficient (Wildman–Crippen LogP) is 3.58. The van der Waals surface area contributed by atoms with Gasteiger partial charge in [-0.3, -0.25) is 0 Å². The number of fused-ring (bicyclic) bond motifs is 1. The molecule has 1 aliphatic heterocycles. The van der Waals surface area contributed by atoms with Gasteiger partial charge in [-0.05, 0) is 36.5 Å². The van der Waals surface area contributed by atoms with E-state index < -0.39 is 12.2 Å². The minimum atomic E-state index is -0.877. The average Bonchev–Trinajstić information content (AvgIpc) is 3.13. The monoisotopic (exact) mass is 469 g/mol. The van der Waals surface area contributed by atoms with Gasteiger partial charge < -0.3 is 31.5 Å². The van der Waals surface area contributed by atoms with Gasteiger partial charge in [-0.25, -0.2) is 9.78 Å². The highest BCUT2D eigenvalue weighted by molar-refractivity contribution is 7.21. The lowest BCUT2D eigenvalue weighted by Gasteiger charge is -2.34. The minimum absolute atomic E-state index is 0.305. The van der Waals surface area contributed by atoms with Crippen LogP contribution in [0.1, 0.15) is 43.4 Å². The number of aryl methyl sites for hydroxylation is 1. The summed E-state index contributed by atoms with van der Waals surface area (Å²) in [6.07, 6.45) is 2.37. The summed E-state index contributed by atoms with van der Waals surface area (Å²) < 4.78 is 5.09. The van der Waals surface area contributed by atoms with E-state index >= 15 is 0 Å². The smallest absolute Gasteiger partial charge is 0.397 e. The molecule has 3 aromatic rings. The van der Waals surface area contributed by atoms with E-state index in [4.69, 9.17) is 21.2 Å². The molecule has 0 bridgehead atoms. The second-order valence-corrected chi connectivity index (χ2v) is 9.35. The fraction of sp³-hybridized carbons (Fsp3) is 0.417. The molecule has 0 aliphatic carbocycles. The van der Waals surface area contributed by atoms with Crippen molar-refractivity contribution in [2.75, 3.05) is 30.3 Å². The zero-order valence-electron chi connectivity index (χ0n) is 18.8. The molecule has 176 valence electrons. The van der Waals surface area contributed by atoms with Gasteiger partial charge in [-0.1, -0.05) is 55.0 Å². The lowest BCUT2D eigenvalue weighted by molar-refractivity contribution is 0.167. The quantitative estimate of drug-likeness (QED) is 0.397. The van der Waals surface area contributed by atoms with Crippen LogP contribution in [0.2, 0.25) is 0 Å². The number of benzene rings is 1.